The average Bonchev–Trinajstić information content (AvgIpc) is 2.59. The summed E-state index contributed by atoms with van der Waals surface area (Å²) in [6.07, 6.45) is -3.97. The third-order valence-electron chi connectivity index (χ3n) is 3.80. The molecule has 0 saturated carbocycles. The zero-order chi connectivity index (χ0) is 18.1. The molecule has 1 amide bonds. The predicted molar refractivity (Wildman–Crippen MR) is 92.6 cm³/mol. The van der Waals surface area contributed by atoms with Crippen LogP contribution in [0, 0.1) is 0 Å². The standard InChI is InChI=1S/C17H23F3N2O2S/c18-17(19,20)13-24-10-4-7-21-16(23)15(14-5-2-1-3-6-14)22-8-11-25-12-9-22/h1-3,5-6,15H,4,7-13H2,(H,21,23). The van der Waals surface area contributed by atoms with Crippen molar-refractivity contribution in [1.29, 1.82) is 0 Å². The Bertz CT molecular complexity index is 522. The van der Waals surface area contributed by atoms with Gasteiger partial charge in [-0.25, -0.2) is 0 Å². The molecular formula is C17H23F3N2O2S. The lowest BCUT2D eigenvalue weighted by Crippen LogP contribution is -2.44. The molecule has 1 saturated heterocycles. The molecule has 1 aromatic rings. The molecule has 1 N–H and O–H groups in total. The number of benzene rings is 1. The van der Waals surface area contributed by atoms with E-state index in [9.17, 15) is 18.0 Å². The number of carbonyl (C=O) groups excluding carboxylic acids is 1. The van der Waals surface area contributed by atoms with Gasteiger partial charge < -0.3 is 10.1 Å². The van der Waals surface area contributed by atoms with Crippen molar-refractivity contribution in [3.8, 4) is 0 Å². The van der Waals surface area contributed by atoms with Crippen LogP contribution in [0.15, 0.2) is 30.3 Å². The average molecular weight is 376 g/mol. The lowest BCUT2D eigenvalue weighted by molar-refractivity contribution is -0.174. The maximum absolute atomic E-state index is 12.7. The van der Waals surface area contributed by atoms with Crippen molar-refractivity contribution >= 4 is 17.7 Å². The first-order valence-corrected chi connectivity index (χ1v) is 9.42. The smallest absolute Gasteiger partial charge is 0.372 e. The van der Waals surface area contributed by atoms with Gasteiger partial charge in [-0.1, -0.05) is 30.3 Å². The summed E-state index contributed by atoms with van der Waals surface area (Å²) in [5, 5.41) is 2.83. The summed E-state index contributed by atoms with van der Waals surface area (Å²) in [4.78, 5) is 14.8. The Kier molecular flexibility index (Phi) is 8.05. The second-order valence-corrected chi connectivity index (χ2v) is 7.00. The Morgan fingerprint density at radius 2 is 1.92 bits per heavy atom. The first-order chi connectivity index (χ1) is 12.0. The minimum atomic E-state index is -4.31. The van der Waals surface area contributed by atoms with E-state index in [1.807, 2.05) is 42.1 Å². The topological polar surface area (TPSA) is 41.6 Å². The van der Waals surface area contributed by atoms with E-state index >= 15 is 0 Å². The summed E-state index contributed by atoms with van der Waals surface area (Å²) in [6, 6.07) is 9.20. The van der Waals surface area contributed by atoms with Crippen molar-refractivity contribution in [2.24, 2.45) is 0 Å². The minimum Gasteiger partial charge on any atom is -0.372 e. The van der Waals surface area contributed by atoms with Gasteiger partial charge in [0.25, 0.3) is 0 Å². The van der Waals surface area contributed by atoms with Gasteiger partial charge in [-0.2, -0.15) is 24.9 Å². The molecule has 0 spiro atoms. The summed E-state index contributed by atoms with van der Waals surface area (Å²) in [5.74, 6) is 1.86. The lowest BCUT2D eigenvalue weighted by Gasteiger charge is -2.33. The van der Waals surface area contributed by atoms with Crippen LogP contribution in [0.5, 0.6) is 0 Å². The zero-order valence-corrected chi connectivity index (χ0v) is 14.7. The van der Waals surface area contributed by atoms with Gasteiger partial charge in [0, 0.05) is 37.7 Å². The number of ether oxygens (including phenoxy) is 1. The summed E-state index contributed by atoms with van der Waals surface area (Å²) in [7, 11) is 0. The van der Waals surface area contributed by atoms with Gasteiger partial charge in [0.2, 0.25) is 5.91 Å². The SMILES string of the molecule is O=C(NCCCOCC(F)(F)F)C(c1ccccc1)N1CCSCC1. The monoisotopic (exact) mass is 376 g/mol. The van der Waals surface area contributed by atoms with Crippen molar-refractivity contribution < 1.29 is 22.7 Å². The van der Waals surface area contributed by atoms with E-state index in [1.54, 1.807) is 0 Å². The Hall–Kier alpha value is -1.25. The fourth-order valence-electron chi connectivity index (χ4n) is 2.67. The number of hydrogen-bond acceptors (Lipinski definition) is 4. The van der Waals surface area contributed by atoms with Crippen LogP contribution in [0.1, 0.15) is 18.0 Å². The van der Waals surface area contributed by atoms with Crippen molar-refractivity contribution in [3.05, 3.63) is 35.9 Å². The first kappa shape index (κ1) is 20.1. The molecule has 1 heterocycles. The van der Waals surface area contributed by atoms with Gasteiger partial charge in [-0.15, -0.1) is 0 Å². The molecule has 2 rings (SSSR count). The van der Waals surface area contributed by atoms with E-state index < -0.39 is 12.8 Å². The van der Waals surface area contributed by atoms with Crippen LogP contribution in [-0.2, 0) is 9.53 Å². The van der Waals surface area contributed by atoms with Crippen molar-refractivity contribution in [1.82, 2.24) is 10.2 Å². The van der Waals surface area contributed by atoms with E-state index in [-0.39, 0.29) is 18.6 Å². The minimum absolute atomic E-state index is 0.0316. The van der Waals surface area contributed by atoms with Crippen LogP contribution >= 0.6 is 11.8 Å². The van der Waals surface area contributed by atoms with Gasteiger partial charge in [-0.3, -0.25) is 9.69 Å². The van der Waals surface area contributed by atoms with Crippen molar-refractivity contribution in [3.63, 3.8) is 0 Å². The Labute approximate surface area is 150 Å². The fourth-order valence-corrected chi connectivity index (χ4v) is 3.60. The van der Waals surface area contributed by atoms with E-state index in [0.717, 1.165) is 30.2 Å². The number of amides is 1. The number of nitrogens with zero attached hydrogens (tertiary/aromatic N) is 1. The Morgan fingerprint density at radius 3 is 2.56 bits per heavy atom. The molecule has 1 aliphatic heterocycles. The van der Waals surface area contributed by atoms with E-state index in [2.05, 4.69) is 15.0 Å². The van der Waals surface area contributed by atoms with Crippen LogP contribution in [-0.4, -0.2) is 61.3 Å². The highest BCUT2D eigenvalue weighted by molar-refractivity contribution is 7.99. The predicted octanol–water partition coefficient (Wildman–Crippen LogP) is 2.86. The van der Waals surface area contributed by atoms with Crippen molar-refractivity contribution in [2.45, 2.75) is 18.6 Å². The number of alkyl halides is 3. The number of nitrogens with one attached hydrogen (secondary N) is 1. The Balaban J connectivity index is 1.84. The third-order valence-corrected chi connectivity index (χ3v) is 4.75. The molecule has 1 fully saturated rings. The molecule has 0 radical (unpaired) electrons. The molecule has 4 nitrogen and oxygen atoms in total. The second-order valence-electron chi connectivity index (χ2n) is 5.77. The molecule has 0 bridgehead atoms. The van der Waals surface area contributed by atoms with E-state index in [0.29, 0.717) is 13.0 Å². The highest BCUT2D eigenvalue weighted by Gasteiger charge is 2.29. The van der Waals surface area contributed by atoms with E-state index in [1.165, 1.54) is 0 Å². The summed E-state index contributed by atoms with van der Waals surface area (Å²) >= 11 is 1.87. The maximum Gasteiger partial charge on any atom is 0.411 e. The molecular weight excluding hydrogens is 353 g/mol. The molecule has 25 heavy (non-hydrogen) atoms. The molecule has 0 aliphatic carbocycles. The molecule has 1 unspecified atom stereocenters. The zero-order valence-electron chi connectivity index (χ0n) is 13.9. The molecule has 140 valence electrons. The highest BCUT2D eigenvalue weighted by Crippen LogP contribution is 2.24. The van der Waals surface area contributed by atoms with Crippen LogP contribution in [0.25, 0.3) is 0 Å². The number of hydrogen-bond donors (Lipinski definition) is 1. The molecule has 1 atom stereocenters. The fraction of sp³-hybridized carbons (Fsp3) is 0.588. The molecule has 1 aliphatic rings. The van der Waals surface area contributed by atoms with Crippen LogP contribution < -0.4 is 5.32 Å². The first-order valence-electron chi connectivity index (χ1n) is 8.26. The number of thioether (sulfide) groups is 1. The van der Waals surface area contributed by atoms with Crippen LogP contribution in [0.3, 0.4) is 0 Å². The third kappa shape index (κ3) is 7.25. The molecule has 1 aromatic carbocycles. The molecule has 8 heteroatoms. The summed E-state index contributed by atoms with van der Waals surface area (Å²) < 4.78 is 40.5. The Morgan fingerprint density at radius 1 is 1.24 bits per heavy atom. The normalized spacial score (nSPS) is 17.2. The van der Waals surface area contributed by atoms with Gasteiger partial charge in [0.1, 0.15) is 12.6 Å². The number of rotatable bonds is 8. The van der Waals surface area contributed by atoms with Gasteiger partial charge >= 0.3 is 6.18 Å². The second kappa shape index (κ2) is 10.0. The van der Waals surface area contributed by atoms with Gasteiger partial charge in [0.05, 0.1) is 0 Å². The highest BCUT2D eigenvalue weighted by atomic mass is 32.2. The van der Waals surface area contributed by atoms with Crippen molar-refractivity contribution in [2.75, 3.05) is 44.4 Å². The summed E-state index contributed by atoms with van der Waals surface area (Å²) in [6.45, 7) is 0.691. The van der Waals surface area contributed by atoms with Crippen LogP contribution in [0.4, 0.5) is 13.2 Å². The molecule has 0 aromatic heterocycles. The number of halogens is 3. The van der Waals surface area contributed by atoms with Crippen LogP contribution in [0.2, 0.25) is 0 Å². The lowest BCUT2D eigenvalue weighted by atomic mass is 10.0. The van der Waals surface area contributed by atoms with Gasteiger partial charge in [-0.05, 0) is 12.0 Å². The quantitative estimate of drug-likeness (QED) is 0.709. The van der Waals surface area contributed by atoms with Gasteiger partial charge in [0.15, 0.2) is 0 Å². The maximum atomic E-state index is 12.7. The number of carbonyl (C=O) groups is 1. The summed E-state index contributed by atoms with van der Waals surface area (Å²) in [5.41, 5.74) is 0.931. The largest absolute Gasteiger partial charge is 0.411 e. The van der Waals surface area contributed by atoms with E-state index in [4.69, 9.17) is 0 Å².